The molecule has 0 aromatic rings. The van der Waals surface area contributed by atoms with Crippen molar-refractivity contribution in [1.29, 1.82) is 0 Å². The Morgan fingerprint density at radius 3 is 1.59 bits per heavy atom. The molecule has 0 saturated heterocycles. The predicted molar refractivity (Wildman–Crippen MR) is 201 cm³/mol. The Balaban J connectivity index is 4.18. The van der Waals surface area contributed by atoms with Gasteiger partial charge >= 0.3 is 19.8 Å². The highest BCUT2D eigenvalue weighted by atomic mass is 31.2. The van der Waals surface area contributed by atoms with Gasteiger partial charge in [-0.3, -0.25) is 18.6 Å². The third kappa shape index (κ3) is 36.1. The maximum Gasteiger partial charge on any atom is 0.472 e. The Labute approximate surface area is 300 Å². The highest BCUT2D eigenvalue weighted by Gasteiger charge is 2.26. The number of hydrogen-bond acceptors (Lipinski definition) is 8. The summed E-state index contributed by atoms with van der Waals surface area (Å²) in [5, 5.41) is 0. The highest BCUT2D eigenvalue weighted by Crippen LogP contribution is 2.43. The Kier molecular flexibility index (Phi) is 35.2. The van der Waals surface area contributed by atoms with Gasteiger partial charge in [-0.1, -0.05) is 134 Å². The molecule has 0 aliphatic rings. The van der Waals surface area contributed by atoms with E-state index in [1.807, 2.05) is 6.08 Å². The Morgan fingerprint density at radius 1 is 0.653 bits per heavy atom. The van der Waals surface area contributed by atoms with Crippen LogP contribution in [0.5, 0.6) is 0 Å². The number of phosphoric ester groups is 1. The molecule has 0 rings (SSSR count). The van der Waals surface area contributed by atoms with E-state index in [9.17, 15) is 19.0 Å². The van der Waals surface area contributed by atoms with E-state index in [1.54, 1.807) is 0 Å². The van der Waals surface area contributed by atoms with Crippen molar-refractivity contribution in [1.82, 2.24) is 0 Å². The van der Waals surface area contributed by atoms with Crippen molar-refractivity contribution in [2.75, 3.05) is 26.4 Å². The molecule has 3 N–H and O–H groups in total. The number of carbonyl (C=O) groups excluding carboxylic acids is 2. The summed E-state index contributed by atoms with van der Waals surface area (Å²) in [5.41, 5.74) is 5.33. The molecule has 0 radical (unpaired) electrons. The van der Waals surface area contributed by atoms with Gasteiger partial charge < -0.3 is 20.1 Å². The lowest BCUT2D eigenvalue weighted by Crippen LogP contribution is -2.29. The summed E-state index contributed by atoms with van der Waals surface area (Å²) in [6.07, 6.45) is 35.2. The normalized spacial score (nSPS) is 13.4. The fourth-order valence-electron chi connectivity index (χ4n) is 5.49. The van der Waals surface area contributed by atoms with Crippen LogP contribution in [0.3, 0.4) is 0 Å². The second-order valence-corrected chi connectivity index (χ2v) is 14.7. The molecule has 10 heteroatoms. The summed E-state index contributed by atoms with van der Waals surface area (Å²) < 4.78 is 32.7. The third-order valence-corrected chi connectivity index (χ3v) is 9.44. The van der Waals surface area contributed by atoms with Crippen molar-refractivity contribution >= 4 is 19.8 Å². The van der Waals surface area contributed by atoms with Crippen molar-refractivity contribution < 1.29 is 37.6 Å². The van der Waals surface area contributed by atoms with Gasteiger partial charge in [-0.2, -0.15) is 0 Å². The first-order valence-electron chi connectivity index (χ1n) is 19.8. The first-order chi connectivity index (χ1) is 23.8. The van der Waals surface area contributed by atoms with E-state index in [-0.39, 0.29) is 32.6 Å². The molecule has 0 fully saturated rings. The number of hydrogen-bond donors (Lipinski definition) is 2. The largest absolute Gasteiger partial charge is 0.472 e. The van der Waals surface area contributed by atoms with Gasteiger partial charge in [0, 0.05) is 19.4 Å². The molecule has 0 aliphatic heterocycles. The van der Waals surface area contributed by atoms with Crippen LogP contribution < -0.4 is 5.73 Å². The van der Waals surface area contributed by atoms with Crippen LogP contribution in [0.25, 0.3) is 0 Å². The Hall–Kier alpha value is -1.51. The molecule has 0 spiro atoms. The molecule has 9 nitrogen and oxygen atoms in total. The van der Waals surface area contributed by atoms with Gasteiger partial charge in [0.2, 0.25) is 0 Å². The number of phosphoric acid groups is 1. The van der Waals surface area contributed by atoms with Crippen LogP contribution in [0.2, 0.25) is 0 Å². The Morgan fingerprint density at radius 2 is 1.10 bits per heavy atom. The van der Waals surface area contributed by atoms with Gasteiger partial charge in [-0.05, 0) is 51.4 Å². The molecule has 288 valence electrons. The average Bonchev–Trinajstić information content (AvgIpc) is 3.08. The van der Waals surface area contributed by atoms with Crippen LogP contribution in [0.15, 0.2) is 24.8 Å². The van der Waals surface area contributed by atoms with E-state index >= 15 is 0 Å². The summed E-state index contributed by atoms with van der Waals surface area (Å²) in [6.45, 7) is 5.22. The highest BCUT2D eigenvalue weighted by molar-refractivity contribution is 7.47. The summed E-state index contributed by atoms with van der Waals surface area (Å²) in [4.78, 5) is 34.7. The van der Waals surface area contributed by atoms with Crippen LogP contribution in [0.4, 0.5) is 0 Å². The standard InChI is InChI=1S/C39H74NO8P/c1-3-5-7-9-11-13-15-17-18-20-22-24-26-28-30-32-39(42)48-37(36-47-49(43,44)46-34-33-40)35-45-38(41)31-29-27-25-23-21-19-16-14-12-10-8-6-4-2/h3,14,16,37H,1,4-13,15,17-36,40H2,2H3,(H,43,44)/b16-14+/t37-/m1/s1. The summed E-state index contributed by atoms with van der Waals surface area (Å²) in [6, 6.07) is 0. The molecule has 0 aliphatic carbocycles. The van der Waals surface area contributed by atoms with Gasteiger partial charge in [0.15, 0.2) is 6.10 Å². The quantitative estimate of drug-likeness (QED) is 0.0277. The summed E-state index contributed by atoms with van der Waals surface area (Å²) in [5.74, 6) is -0.839. The first-order valence-corrected chi connectivity index (χ1v) is 21.3. The molecule has 0 amide bonds. The van der Waals surface area contributed by atoms with E-state index < -0.39 is 32.5 Å². The maximum absolute atomic E-state index is 12.5. The van der Waals surface area contributed by atoms with Crippen LogP contribution in [-0.4, -0.2) is 49.3 Å². The molecular formula is C39H74NO8P. The topological polar surface area (TPSA) is 134 Å². The van der Waals surface area contributed by atoms with E-state index in [2.05, 4.69) is 25.7 Å². The minimum absolute atomic E-state index is 0.0527. The molecule has 2 atom stereocenters. The minimum Gasteiger partial charge on any atom is -0.462 e. The van der Waals surface area contributed by atoms with Crippen LogP contribution in [0, 0.1) is 0 Å². The van der Waals surface area contributed by atoms with E-state index in [0.717, 1.165) is 64.2 Å². The fraction of sp³-hybridized carbons (Fsp3) is 0.846. The van der Waals surface area contributed by atoms with Crippen LogP contribution in [-0.2, 0) is 32.7 Å². The predicted octanol–water partition coefficient (Wildman–Crippen LogP) is 10.8. The number of nitrogens with two attached hydrogens (primary N) is 1. The smallest absolute Gasteiger partial charge is 0.462 e. The number of unbranched alkanes of at least 4 members (excludes halogenated alkanes) is 22. The fourth-order valence-corrected chi connectivity index (χ4v) is 6.26. The monoisotopic (exact) mass is 716 g/mol. The Bertz CT molecular complexity index is 853. The van der Waals surface area contributed by atoms with Gasteiger partial charge in [-0.25, -0.2) is 4.57 Å². The third-order valence-electron chi connectivity index (χ3n) is 8.46. The molecular weight excluding hydrogens is 641 g/mol. The number of allylic oxidation sites excluding steroid dienone is 3. The van der Waals surface area contributed by atoms with Gasteiger partial charge in [0.1, 0.15) is 6.61 Å². The zero-order valence-electron chi connectivity index (χ0n) is 31.3. The van der Waals surface area contributed by atoms with Crippen molar-refractivity contribution in [3.05, 3.63) is 24.8 Å². The van der Waals surface area contributed by atoms with Crippen molar-refractivity contribution in [3.8, 4) is 0 Å². The van der Waals surface area contributed by atoms with Crippen molar-refractivity contribution in [2.24, 2.45) is 5.73 Å². The lowest BCUT2D eigenvalue weighted by Gasteiger charge is -2.19. The lowest BCUT2D eigenvalue weighted by atomic mass is 10.0. The molecule has 0 aromatic carbocycles. The second kappa shape index (κ2) is 36.3. The van der Waals surface area contributed by atoms with E-state index in [1.165, 1.54) is 89.9 Å². The van der Waals surface area contributed by atoms with Gasteiger partial charge in [0.25, 0.3) is 0 Å². The minimum atomic E-state index is -4.37. The van der Waals surface area contributed by atoms with Crippen molar-refractivity contribution in [2.45, 2.75) is 186 Å². The number of rotatable bonds is 38. The maximum atomic E-state index is 12.5. The SMILES string of the molecule is C=CCCCCCCCCCCCCCCCC(=O)O[C@H](COC(=O)CCCCCCC/C=C/CCCCCC)COP(=O)(O)OCCN. The van der Waals surface area contributed by atoms with Crippen LogP contribution >= 0.6 is 7.82 Å². The first kappa shape index (κ1) is 47.5. The van der Waals surface area contributed by atoms with Crippen molar-refractivity contribution in [3.63, 3.8) is 0 Å². The average molecular weight is 716 g/mol. The van der Waals surface area contributed by atoms with E-state index in [0.29, 0.717) is 6.42 Å². The molecule has 0 heterocycles. The van der Waals surface area contributed by atoms with Gasteiger partial charge in [-0.15, -0.1) is 6.58 Å². The zero-order chi connectivity index (χ0) is 36.1. The van der Waals surface area contributed by atoms with E-state index in [4.69, 9.17) is 24.3 Å². The molecule has 49 heavy (non-hydrogen) atoms. The number of esters is 2. The second-order valence-electron chi connectivity index (χ2n) is 13.2. The molecule has 0 bridgehead atoms. The molecule has 1 unspecified atom stereocenters. The number of ether oxygens (including phenoxy) is 2. The lowest BCUT2D eigenvalue weighted by molar-refractivity contribution is -0.161. The summed E-state index contributed by atoms with van der Waals surface area (Å²) >= 11 is 0. The van der Waals surface area contributed by atoms with Gasteiger partial charge in [0.05, 0.1) is 13.2 Å². The summed E-state index contributed by atoms with van der Waals surface area (Å²) in [7, 11) is -4.37. The van der Waals surface area contributed by atoms with Crippen LogP contribution in [0.1, 0.15) is 180 Å². The number of carbonyl (C=O) groups is 2. The zero-order valence-corrected chi connectivity index (χ0v) is 32.2. The molecule has 0 saturated carbocycles. The molecule has 0 aromatic heterocycles.